The number of allylic oxidation sites excluding steroid dienone is 2. The molecule has 31 heavy (non-hydrogen) atoms. The first-order chi connectivity index (χ1) is 14.8. The number of fused-ring (bicyclic) bond motifs is 1. The van der Waals surface area contributed by atoms with E-state index in [0.29, 0.717) is 67.0 Å². The number of aryl methyl sites for hydroxylation is 2. The van der Waals surface area contributed by atoms with Crippen LogP contribution in [0.2, 0.25) is 0 Å². The average Bonchev–Trinajstić information content (AvgIpc) is 3.13. The monoisotopic (exact) mass is 420 g/mol. The van der Waals surface area contributed by atoms with E-state index in [1.165, 1.54) is 0 Å². The molecule has 0 fully saturated rings. The number of carbonyl (C=O) groups excluding carboxylic acids is 2. The molecule has 162 valence electrons. The number of ketones is 2. The maximum Gasteiger partial charge on any atom is 0.168 e. The van der Waals surface area contributed by atoms with Crippen LogP contribution in [-0.2, 0) is 24.2 Å². The molecule has 6 heteroatoms. The molecule has 0 saturated carbocycles. The minimum absolute atomic E-state index is 0.0674. The lowest BCUT2D eigenvalue weighted by molar-refractivity contribution is -0.118. The average molecular weight is 421 g/mol. The van der Waals surface area contributed by atoms with E-state index in [9.17, 15) is 14.7 Å². The molecule has 0 spiro atoms. The van der Waals surface area contributed by atoms with Crippen molar-refractivity contribution >= 4 is 17.3 Å². The van der Waals surface area contributed by atoms with E-state index >= 15 is 0 Å². The van der Waals surface area contributed by atoms with Crippen molar-refractivity contribution in [3.63, 3.8) is 0 Å². The van der Waals surface area contributed by atoms with Crippen LogP contribution in [0, 0.1) is 5.41 Å². The van der Waals surface area contributed by atoms with Crippen molar-refractivity contribution in [2.75, 3.05) is 0 Å². The summed E-state index contributed by atoms with van der Waals surface area (Å²) in [4.78, 5) is 30.0. The fraction of sp³-hybridized carbons (Fsp3) is 0.440. The second-order valence-corrected chi connectivity index (χ2v) is 9.22. The lowest BCUT2D eigenvalue weighted by atomic mass is 9.75. The summed E-state index contributed by atoms with van der Waals surface area (Å²) in [6.07, 6.45) is 3.68. The van der Waals surface area contributed by atoms with Crippen molar-refractivity contribution in [1.29, 1.82) is 0 Å². The van der Waals surface area contributed by atoms with Crippen LogP contribution < -0.4 is 0 Å². The van der Waals surface area contributed by atoms with Gasteiger partial charge in [-0.25, -0.2) is 0 Å². The zero-order chi connectivity index (χ0) is 22.0. The van der Waals surface area contributed by atoms with Gasteiger partial charge in [-0.15, -0.1) is 0 Å². The fourth-order valence-electron chi connectivity index (χ4n) is 4.46. The number of Topliss-reactive ketones (excluding diaryl/α,β-unsaturated/α-hetero) is 2. The molecule has 0 unspecified atom stereocenters. The SMILES string of the molecule is CC1(C)CC(=O)C(C(CCc2noc3c2C(=O)CCC3)=NCc2ccccc2)=C(O)C1. The van der Waals surface area contributed by atoms with Crippen LogP contribution in [0.5, 0.6) is 0 Å². The van der Waals surface area contributed by atoms with Crippen molar-refractivity contribution in [3.8, 4) is 0 Å². The predicted molar refractivity (Wildman–Crippen MR) is 117 cm³/mol. The second-order valence-electron chi connectivity index (χ2n) is 9.22. The Morgan fingerprint density at radius 3 is 2.65 bits per heavy atom. The normalized spacial score (nSPS) is 19.0. The molecule has 6 nitrogen and oxygen atoms in total. The topological polar surface area (TPSA) is 92.8 Å². The Kier molecular flexibility index (Phi) is 5.90. The first kappa shape index (κ1) is 21.2. The smallest absolute Gasteiger partial charge is 0.168 e. The van der Waals surface area contributed by atoms with Gasteiger partial charge < -0.3 is 9.63 Å². The zero-order valence-electron chi connectivity index (χ0n) is 18.1. The molecule has 0 saturated heterocycles. The van der Waals surface area contributed by atoms with Gasteiger partial charge in [-0.1, -0.05) is 49.3 Å². The first-order valence-corrected chi connectivity index (χ1v) is 10.9. The van der Waals surface area contributed by atoms with Gasteiger partial charge in [0.05, 0.1) is 23.4 Å². The molecule has 1 aromatic carbocycles. The van der Waals surface area contributed by atoms with E-state index in [0.717, 1.165) is 18.4 Å². The van der Waals surface area contributed by atoms with Crippen LogP contribution in [0.15, 0.2) is 51.2 Å². The molecule has 0 radical (unpaired) electrons. The molecule has 4 rings (SSSR count). The van der Waals surface area contributed by atoms with Crippen LogP contribution >= 0.6 is 0 Å². The van der Waals surface area contributed by atoms with E-state index in [-0.39, 0.29) is 22.7 Å². The molecule has 2 aromatic rings. The third-order valence-electron chi connectivity index (χ3n) is 5.95. The van der Waals surface area contributed by atoms with Gasteiger partial charge in [-0.3, -0.25) is 14.6 Å². The number of hydrogen-bond acceptors (Lipinski definition) is 6. The van der Waals surface area contributed by atoms with E-state index in [2.05, 4.69) is 5.16 Å². The molecular formula is C25H28N2O4. The van der Waals surface area contributed by atoms with Gasteiger partial charge in [0.15, 0.2) is 11.6 Å². The standard InChI is InChI=1S/C25H28N2O4/c1-25(2)13-20(29)23(21(30)14-25)17(26-15-16-7-4-3-5-8-16)11-12-18-24-19(28)9-6-10-22(24)31-27-18/h3-5,7-8,29H,6,9-15H2,1-2H3. The molecule has 2 aliphatic rings. The van der Waals surface area contributed by atoms with E-state index in [1.807, 2.05) is 44.2 Å². The van der Waals surface area contributed by atoms with Crippen molar-refractivity contribution in [1.82, 2.24) is 5.16 Å². The lowest BCUT2D eigenvalue weighted by Crippen LogP contribution is -2.29. The summed E-state index contributed by atoms with van der Waals surface area (Å²) in [6.45, 7) is 4.37. The Morgan fingerprint density at radius 2 is 1.90 bits per heavy atom. The Hall–Kier alpha value is -3.02. The summed E-state index contributed by atoms with van der Waals surface area (Å²) < 4.78 is 5.40. The molecule has 0 aliphatic heterocycles. The summed E-state index contributed by atoms with van der Waals surface area (Å²) in [5, 5.41) is 14.9. The number of aliphatic imine (C=N–C) groups is 1. The Morgan fingerprint density at radius 1 is 1.13 bits per heavy atom. The van der Waals surface area contributed by atoms with Crippen molar-refractivity contribution in [3.05, 3.63) is 64.2 Å². The molecule has 1 aromatic heterocycles. The number of aromatic nitrogens is 1. The Balaban J connectivity index is 1.63. The van der Waals surface area contributed by atoms with E-state index in [4.69, 9.17) is 9.52 Å². The molecule has 0 amide bonds. The highest BCUT2D eigenvalue weighted by atomic mass is 16.5. The number of aliphatic hydroxyl groups is 1. The number of nitrogens with zero attached hydrogens (tertiary/aromatic N) is 2. The van der Waals surface area contributed by atoms with Gasteiger partial charge in [-0.2, -0.15) is 0 Å². The summed E-state index contributed by atoms with van der Waals surface area (Å²) in [5.41, 5.74) is 2.88. The number of carbonyl (C=O) groups is 2. The summed E-state index contributed by atoms with van der Waals surface area (Å²) >= 11 is 0. The summed E-state index contributed by atoms with van der Waals surface area (Å²) in [5.74, 6) is 0.745. The van der Waals surface area contributed by atoms with Gasteiger partial charge in [-0.05, 0) is 30.2 Å². The minimum Gasteiger partial charge on any atom is -0.511 e. The highest BCUT2D eigenvalue weighted by molar-refractivity contribution is 6.23. The summed E-state index contributed by atoms with van der Waals surface area (Å²) in [6, 6.07) is 9.80. The quantitative estimate of drug-likeness (QED) is 0.666. The second kappa shape index (κ2) is 8.61. The molecule has 1 N–H and O–H groups in total. The van der Waals surface area contributed by atoms with Crippen LogP contribution in [0.1, 0.15) is 73.3 Å². The van der Waals surface area contributed by atoms with Crippen molar-refractivity contribution in [2.45, 2.75) is 65.3 Å². The van der Waals surface area contributed by atoms with E-state index < -0.39 is 0 Å². The Labute approximate surface area is 182 Å². The number of aliphatic hydroxyl groups excluding tert-OH is 1. The van der Waals surface area contributed by atoms with E-state index in [1.54, 1.807) is 0 Å². The molecule has 0 bridgehead atoms. The maximum absolute atomic E-state index is 12.9. The van der Waals surface area contributed by atoms with Gasteiger partial charge in [0.1, 0.15) is 11.5 Å². The van der Waals surface area contributed by atoms with Gasteiger partial charge in [0.25, 0.3) is 0 Å². The third kappa shape index (κ3) is 4.68. The highest BCUT2D eigenvalue weighted by Gasteiger charge is 2.35. The Bertz CT molecular complexity index is 1060. The van der Waals surface area contributed by atoms with Gasteiger partial charge in [0.2, 0.25) is 0 Å². The zero-order valence-corrected chi connectivity index (χ0v) is 18.1. The number of rotatable bonds is 6. The van der Waals surface area contributed by atoms with Gasteiger partial charge in [0, 0.05) is 31.4 Å². The largest absolute Gasteiger partial charge is 0.511 e. The molecule has 1 heterocycles. The predicted octanol–water partition coefficient (Wildman–Crippen LogP) is 4.97. The van der Waals surface area contributed by atoms with Gasteiger partial charge >= 0.3 is 0 Å². The number of hydrogen-bond donors (Lipinski definition) is 1. The lowest BCUT2D eigenvalue weighted by Gasteiger charge is -2.30. The minimum atomic E-state index is -0.271. The first-order valence-electron chi connectivity index (χ1n) is 10.9. The number of benzene rings is 1. The molecule has 0 atom stereocenters. The van der Waals surface area contributed by atoms with Crippen LogP contribution in [-0.4, -0.2) is 27.5 Å². The maximum atomic E-state index is 12.9. The van der Waals surface area contributed by atoms with Crippen LogP contribution in [0.4, 0.5) is 0 Å². The van der Waals surface area contributed by atoms with Crippen molar-refractivity contribution < 1.29 is 19.2 Å². The summed E-state index contributed by atoms with van der Waals surface area (Å²) in [7, 11) is 0. The van der Waals surface area contributed by atoms with Crippen LogP contribution in [0.25, 0.3) is 0 Å². The molecular weight excluding hydrogens is 392 g/mol. The highest BCUT2D eigenvalue weighted by Crippen LogP contribution is 2.37. The van der Waals surface area contributed by atoms with Crippen LogP contribution in [0.3, 0.4) is 0 Å². The van der Waals surface area contributed by atoms with Crippen molar-refractivity contribution in [2.24, 2.45) is 10.4 Å². The molecule has 2 aliphatic carbocycles. The fourth-order valence-corrected chi connectivity index (χ4v) is 4.46. The third-order valence-corrected chi connectivity index (χ3v) is 5.95.